The van der Waals surface area contributed by atoms with Crippen molar-refractivity contribution in [1.29, 1.82) is 0 Å². The van der Waals surface area contributed by atoms with E-state index in [0.29, 0.717) is 16.8 Å². The van der Waals surface area contributed by atoms with E-state index < -0.39 is 0 Å². The number of ether oxygens (including phenoxy) is 2. The molecule has 0 spiro atoms. The van der Waals surface area contributed by atoms with Gasteiger partial charge in [-0.05, 0) is 48.8 Å². The highest BCUT2D eigenvalue weighted by Gasteiger charge is 2.25. The highest BCUT2D eigenvalue weighted by molar-refractivity contribution is 6.32. The maximum atomic E-state index is 6.21. The molecule has 1 aliphatic heterocycles. The number of rotatable bonds is 3. The van der Waals surface area contributed by atoms with Gasteiger partial charge in [-0.3, -0.25) is 0 Å². The van der Waals surface area contributed by atoms with Crippen LogP contribution in [0.5, 0.6) is 11.5 Å². The van der Waals surface area contributed by atoms with E-state index in [1.807, 2.05) is 12.1 Å². The van der Waals surface area contributed by atoms with Crippen LogP contribution in [0.2, 0.25) is 5.02 Å². The molecule has 2 aliphatic rings. The van der Waals surface area contributed by atoms with Gasteiger partial charge in [0.25, 0.3) is 0 Å². The van der Waals surface area contributed by atoms with Crippen LogP contribution >= 0.6 is 11.6 Å². The highest BCUT2D eigenvalue weighted by atomic mass is 35.5. The second-order valence-corrected chi connectivity index (χ2v) is 6.60. The molecule has 1 aromatic carbocycles. The second-order valence-electron chi connectivity index (χ2n) is 6.19. The van der Waals surface area contributed by atoms with Gasteiger partial charge in [0, 0.05) is 12.6 Å². The Kier molecular flexibility index (Phi) is 4.08. The molecule has 0 saturated heterocycles. The van der Waals surface area contributed by atoms with Crippen molar-refractivity contribution in [3.8, 4) is 11.5 Å². The maximum Gasteiger partial charge on any atom is 0.231 e. The van der Waals surface area contributed by atoms with Crippen LogP contribution in [0.3, 0.4) is 0 Å². The molecule has 0 aromatic heterocycles. The molecule has 0 bridgehead atoms. The summed E-state index contributed by atoms with van der Waals surface area (Å²) in [7, 11) is 0. The van der Waals surface area contributed by atoms with E-state index in [2.05, 4.69) is 19.2 Å². The van der Waals surface area contributed by atoms with Gasteiger partial charge in [-0.25, -0.2) is 0 Å². The average molecular weight is 296 g/mol. The van der Waals surface area contributed by atoms with Crippen LogP contribution < -0.4 is 14.8 Å². The van der Waals surface area contributed by atoms with Gasteiger partial charge in [-0.2, -0.15) is 0 Å². The van der Waals surface area contributed by atoms with E-state index >= 15 is 0 Å². The molecular formula is C16H22ClNO2. The Morgan fingerprint density at radius 1 is 1.25 bits per heavy atom. The summed E-state index contributed by atoms with van der Waals surface area (Å²) >= 11 is 6.21. The number of halogens is 1. The first-order valence-electron chi connectivity index (χ1n) is 7.45. The van der Waals surface area contributed by atoms with Gasteiger partial charge in [-0.1, -0.05) is 25.4 Å². The number of hydrogen-bond acceptors (Lipinski definition) is 3. The fraction of sp³-hybridized carbons (Fsp3) is 0.625. The summed E-state index contributed by atoms with van der Waals surface area (Å²) in [6, 6.07) is 4.60. The first-order valence-corrected chi connectivity index (χ1v) is 7.82. The SMILES string of the molecule is CC1CCC(NCc2cc(Cl)c3c(c2)OCO3)C(C)C1. The molecule has 1 aromatic rings. The zero-order valence-electron chi connectivity index (χ0n) is 12.1. The topological polar surface area (TPSA) is 30.5 Å². The first-order chi connectivity index (χ1) is 9.63. The standard InChI is InChI=1S/C16H22ClNO2/c1-10-3-4-14(11(2)5-10)18-8-12-6-13(17)16-15(7-12)19-9-20-16/h6-7,10-11,14,18H,3-5,8-9H2,1-2H3. The van der Waals surface area contributed by atoms with Gasteiger partial charge in [0.2, 0.25) is 6.79 Å². The van der Waals surface area contributed by atoms with Gasteiger partial charge in [0.1, 0.15) is 0 Å². The third kappa shape index (κ3) is 2.89. The van der Waals surface area contributed by atoms with Gasteiger partial charge in [0.05, 0.1) is 5.02 Å². The summed E-state index contributed by atoms with van der Waals surface area (Å²) < 4.78 is 10.7. The molecule has 3 atom stereocenters. The smallest absolute Gasteiger partial charge is 0.231 e. The van der Waals surface area contributed by atoms with E-state index in [4.69, 9.17) is 21.1 Å². The summed E-state index contributed by atoms with van der Waals surface area (Å²) in [5.74, 6) is 3.04. The summed E-state index contributed by atoms with van der Waals surface area (Å²) in [6.07, 6.45) is 3.91. The number of hydrogen-bond donors (Lipinski definition) is 1. The molecule has 0 amide bonds. The van der Waals surface area contributed by atoms with Crippen molar-refractivity contribution < 1.29 is 9.47 Å². The Morgan fingerprint density at radius 2 is 2.10 bits per heavy atom. The Balaban J connectivity index is 1.63. The normalized spacial score (nSPS) is 28.6. The highest BCUT2D eigenvalue weighted by Crippen LogP contribution is 2.39. The molecule has 3 nitrogen and oxygen atoms in total. The predicted octanol–water partition coefficient (Wildman–Crippen LogP) is 3.98. The number of fused-ring (bicyclic) bond motifs is 1. The lowest BCUT2D eigenvalue weighted by atomic mass is 9.80. The van der Waals surface area contributed by atoms with Crippen LogP contribution in [0.4, 0.5) is 0 Å². The summed E-state index contributed by atoms with van der Waals surface area (Å²) in [5.41, 5.74) is 1.16. The van der Waals surface area contributed by atoms with Crippen molar-refractivity contribution in [2.24, 2.45) is 11.8 Å². The quantitative estimate of drug-likeness (QED) is 0.915. The van der Waals surface area contributed by atoms with Crippen molar-refractivity contribution >= 4 is 11.6 Å². The molecule has 1 fully saturated rings. The maximum absolute atomic E-state index is 6.21. The molecule has 110 valence electrons. The summed E-state index contributed by atoms with van der Waals surface area (Å²) in [6.45, 7) is 5.80. The van der Waals surface area contributed by atoms with Crippen molar-refractivity contribution in [3.63, 3.8) is 0 Å². The lowest BCUT2D eigenvalue weighted by molar-refractivity contribution is 0.174. The van der Waals surface area contributed by atoms with E-state index in [-0.39, 0.29) is 6.79 Å². The zero-order valence-corrected chi connectivity index (χ0v) is 12.9. The van der Waals surface area contributed by atoms with Gasteiger partial charge in [0.15, 0.2) is 11.5 Å². The Hall–Kier alpha value is -0.930. The molecule has 1 heterocycles. The van der Waals surface area contributed by atoms with Crippen molar-refractivity contribution in [2.75, 3.05) is 6.79 Å². The molecular weight excluding hydrogens is 274 g/mol. The van der Waals surface area contributed by atoms with Crippen LogP contribution in [0.15, 0.2) is 12.1 Å². The Morgan fingerprint density at radius 3 is 2.90 bits per heavy atom. The van der Waals surface area contributed by atoms with Crippen LogP contribution in [0.1, 0.15) is 38.7 Å². The molecule has 3 unspecified atom stereocenters. The average Bonchev–Trinajstić information content (AvgIpc) is 2.86. The fourth-order valence-electron chi connectivity index (χ4n) is 3.34. The minimum Gasteiger partial charge on any atom is -0.454 e. The lowest BCUT2D eigenvalue weighted by Crippen LogP contribution is -2.38. The Bertz CT molecular complexity index is 492. The third-order valence-electron chi connectivity index (χ3n) is 4.49. The van der Waals surface area contributed by atoms with Crippen molar-refractivity contribution in [2.45, 2.75) is 45.7 Å². The second kappa shape index (κ2) is 5.82. The molecule has 1 N–H and O–H groups in total. The zero-order chi connectivity index (χ0) is 14.1. The van der Waals surface area contributed by atoms with E-state index in [1.54, 1.807) is 0 Å². The van der Waals surface area contributed by atoms with Crippen LogP contribution in [0, 0.1) is 11.8 Å². The van der Waals surface area contributed by atoms with Crippen molar-refractivity contribution in [1.82, 2.24) is 5.32 Å². The molecule has 4 heteroatoms. The monoisotopic (exact) mass is 295 g/mol. The van der Waals surface area contributed by atoms with Crippen LogP contribution in [-0.2, 0) is 6.54 Å². The predicted molar refractivity (Wildman–Crippen MR) is 80.4 cm³/mol. The fourth-order valence-corrected chi connectivity index (χ4v) is 3.63. The van der Waals surface area contributed by atoms with E-state index in [9.17, 15) is 0 Å². The largest absolute Gasteiger partial charge is 0.454 e. The molecule has 20 heavy (non-hydrogen) atoms. The van der Waals surface area contributed by atoms with Gasteiger partial charge in [-0.15, -0.1) is 0 Å². The molecule has 3 rings (SSSR count). The minimum atomic E-state index is 0.267. The van der Waals surface area contributed by atoms with Gasteiger partial charge < -0.3 is 14.8 Å². The lowest BCUT2D eigenvalue weighted by Gasteiger charge is -2.33. The number of benzene rings is 1. The molecule has 0 radical (unpaired) electrons. The molecule has 1 saturated carbocycles. The van der Waals surface area contributed by atoms with E-state index in [1.165, 1.54) is 19.3 Å². The molecule has 1 aliphatic carbocycles. The summed E-state index contributed by atoms with van der Waals surface area (Å²) in [5, 5.41) is 4.31. The first kappa shape index (κ1) is 14.0. The van der Waals surface area contributed by atoms with Crippen LogP contribution in [0.25, 0.3) is 0 Å². The Labute approximate surface area is 125 Å². The number of nitrogens with one attached hydrogen (secondary N) is 1. The van der Waals surface area contributed by atoms with Gasteiger partial charge >= 0.3 is 0 Å². The van der Waals surface area contributed by atoms with E-state index in [0.717, 1.165) is 29.7 Å². The van der Waals surface area contributed by atoms with Crippen LogP contribution in [-0.4, -0.2) is 12.8 Å². The van der Waals surface area contributed by atoms with Crippen molar-refractivity contribution in [3.05, 3.63) is 22.7 Å². The summed E-state index contributed by atoms with van der Waals surface area (Å²) in [4.78, 5) is 0. The minimum absolute atomic E-state index is 0.267. The third-order valence-corrected chi connectivity index (χ3v) is 4.77.